The third kappa shape index (κ3) is 5.10. The van der Waals surface area contributed by atoms with Gasteiger partial charge in [0, 0.05) is 12.1 Å². The van der Waals surface area contributed by atoms with Crippen molar-refractivity contribution in [2.24, 2.45) is 0 Å². The lowest BCUT2D eigenvalue weighted by Gasteiger charge is -2.26. The summed E-state index contributed by atoms with van der Waals surface area (Å²) in [6, 6.07) is 16.6. The SMILES string of the molecule is COc1cc(/C=C2\C(=O)NC(=O)N(c3ccc([N+](=O)[O-])cc3)C2=O)cc(Br)c1OCc1ccccc1. The van der Waals surface area contributed by atoms with E-state index >= 15 is 0 Å². The number of hydrogen-bond donors (Lipinski definition) is 1. The van der Waals surface area contributed by atoms with Crippen LogP contribution >= 0.6 is 15.9 Å². The highest BCUT2D eigenvalue weighted by Gasteiger charge is 2.37. The van der Waals surface area contributed by atoms with Gasteiger partial charge in [0.05, 0.1) is 22.2 Å². The number of urea groups is 1. The quantitative estimate of drug-likeness (QED) is 0.196. The highest BCUT2D eigenvalue weighted by Crippen LogP contribution is 2.38. The molecule has 0 saturated carbocycles. The number of rotatable bonds is 7. The Balaban J connectivity index is 1.63. The molecule has 1 N–H and O–H groups in total. The molecule has 11 heteroatoms. The molecular formula is C25H18BrN3O7. The van der Waals surface area contributed by atoms with Crippen LogP contribution in [0.3, 0.4) is 0 Å². The van der Waals surface area contributed by atoms with Crippen LogP contribution in [0.4, 0.5) is 16.2 Å². The summed E-state index contributed by atoms with van der Waals surface area (Å²) in [4.78, 5) is 49.0. The van der Waals surface area contributed by atoms with Crippen LogP contribution in [-0.4, -0.2) is 29.9 Å². The van der Waals surface area contributed by atoms with Gasteiger partial charge in [-0.25, -0.2) is 9.69 Å². The van der Waals surface area contributed by atoms with Crippen molar-refractivity contribution < 1.29 is 28.8 Å². The van der Waals surface area contributed by atoms with Gasteiger partial charge in [-0.05, 0) is 57.4 Å². The number of ether oxygens (including phenoxy) is 2. The van der Waals surface area contributed by atoms with Crippen LogP contribution < -0.4 is 19.7 Å². The molecule has 0 bridgehead atoms. The number of anilines is 1. The smallest absolute Gasteiger partial charge is 0.335 e. The van der Waals surface area contributed by atoms with Crippen molar-refractivity contribution in [2.75, 3.05) is 12.0 Å². The third-order valence-corrected chi connectivity index (χ3v) is 5.80. The molecule has 36 heavy (non-hydrogen) atoms. The topological polar surface area (TPSA) is 128 Å². The molecule has 1 heterocycles. The summed E-state index contributed by atoms with van der Waals surface area (Å²) in [5.41, 5.74) is 0.951. The normalized spacial score (nSPS) is 14.6. The van der Waals surface area contributed by atoms with E-state index in [1.807, 2.05) is 30.3 Å². The zero-order chi connectivity index (χ0) is 25.8. The molecule has 1 saturated heterocycles. The number of nitro groups is 1. The maximum atomic E-state index is 13.1. The highest BCUT2D eigenvalue weighted by molar-refractivity contribution is 9.10. The minimum atomic E-state index is -0.959. The van der Waals surface area contributed by atoms with Crippen LogP contribution in [0.15, 0.2) is 76.8 Å². The molecule has 0 radical (unpaired) electrons. The number of nitrogens with zero attached hydrogens (tertiary/aromatic N) is 2. The Bertz CT molecular complexity index is 1390. The molecule has 1 aliphatic heterocycles. The molecule has 182 valence electrons. The molecule has 4 amide bonds. The summed E-state index contributed by atoms with van der Waals surface area (Å²) in [5.74, 6) is -0.954. The van der Waals surface area contributed by atoms with Crippen molar-refractivity contribution >= 4 is 51.2 Å². The number of non-ortho nitro benzene ring substituents is 1. The number of methoxy groups -OCH3 is 1. The molecule has 0 atom stereocenters. The van der Waals surface area contributed by atoms with Crippen molar-refractivity contribution in [3.63, 3.8) is 0 Å². The average molecular weight is 552 g/mol. The van der Waals surface area contributed by atoms with Crippen LogP contribution in [-0.2, 0) is 16.2 Å². The van der Waals surface area contributed by atoms with E-state index in [2.05, 4.69) is 21.2 Å². The fraction of sp³-hybridized carbons (Fsp3) is 0.0800. The Hall–Kier alpha value is -4.51. The Morgan fingerprint density at radius 1 is 1.06 bits per heavy atom. The molecule has 1 fully saturated rings. The number of amides is 4. The highest BCUT2D eigenvalue weighted by atomic mass is 79.9. The molecule has 4 rings (SSSR count). The van der Waals surface area contributed by atoms with E-state index in [1.54, 1.807) is 12.1 Å². The third-order valence-electron chi connectivity index (χ3n) is 5.21. The van der Waals surface area contributed by atoms with Gasteiger partial charge in [-0.1, -0.05) is 30.3 Å². The predicted molar refractivity (Wildman–Crippen MR) is 134 cm³/mol. The maximum Gasteiger partial charge on any atom is 0.335 e. The van der Waals surface area contributed by atoms with E-state index in [9.17, 15) is 24.5 Å². The molecule has 1 aliphatic rings. The molecule has 3 aromatic rings. The van der Waals surface area contributed by atoms with E-state index in [-0.39, 0.29) is 16.9 Å². The number of carbonyl (C=O) groups excluding carboxylic acids is 3. The number of barbiturate groups is 1. The maximum absolute atomic E-state index is 13.1. The Labute approximate surface area is 213 Å². The summed E-state index contributed by atoms with van der Waals surface area (Å²) in [6.45, 7) is 0.295. The zero-order valence-electron chi connectivity index (χ0n) is 18.8. The average Bonchev–Trinajstić information content (AvgIpc) is 2.86. The van der Waals surface area contributed by atoms with Crippen LogP contribution in [0.2, 0.25) is 0 Å². The van der Waals surface area contributed by atoms with Gasteiger partial charge < -0.3 is 9.47 Å². The first-order valence-corrected chi connectivity index (χ1v) is 11.3. The number of halogens is 1. The van der Waals surface area contributed by atoms with Crippen LogP contribution in [0.5, 0.6) is 11.5 Å². The molecule has 0 aliphatic carbocycles. The fourth-order valence-corrected chi connectivity index (χ4v) is 4.05. The monoisotopic (exact) mass is 551 g/mol. The number of nitro benzene ring substituents is 1. The van der Waals surface area contributed by atoms with Gasteiger partial charge in [-0.3, -0.25) is 25.0 Å². The molecule has 0 spiro atoms. The largest absolute Gasteiger partial charge is 0.493 e. The van der Waals surface area contributed by atoms with Gasteiger partial charge in [0.2, 0.25) is 0 Å². The molecule has 3 aromatic carbocycles. The van der Waals surface area contributed by atoms with Crippen LogP contribution in [0.1, 0.15) is 11.1 Å². The number of hydrogen-bond acceptors (Lipinski definition) is 7. The van der Waals surface area contributed by atoms with Gasteiger partial charge in [0.1, 0.15) is 12.2 Å². The second-order valence-corrected chi connectivity index (χ2v) is 8.39. The molecular weight excluding hydrogens is 534 g/mol. The summed E-state index contributed by atoms with van der Waals surface area (Å²) in [5, 5.41) is 13.0. The first kappa shape index (κ1) is 24.6. The van der Waals surface area contributed by atoms with Gasteiger partial charge in [0.15, 0.2) is 11.5 Å². The molecule has 0 unspecified atom stereocenters. The van der Waals surface area contributed by atoms with Crippen molar-refractivity contribution in [1.82, 2.24) is 5.32 Å². The number of imide groups is 2. The number of benzene rings is 3. The lowest BCUT2D eigenvalue weighted by molar-refractivity contribution is -0.384. The minimum absolute atomic E-state index is 0.0740. The Morgan fingerprint density at radius 3 is 2.39 bits per heavy atom. The zero-order valence-corrected chi connectivity index (χ0v) is 20.4. The van der Waals surface area contributed by atoms with Gasteiger partial charge >= 0.3 is 6.03 Å². The summed E-state index contributed by atoms with van der Waals surface area (Å²) < 4.78 is 11.9. The van der Waals surface area contributed by atoms with E-state index < -0.39 is 22.8 Å². The van der Waals surface area contributed by atoms with Crippen molar-refractivity contribution in [1.29, 1.82) is 0 Å². The van der Waals surface area contributed by atoms with Gasteiger partial charge in [-0.15, -0.1) is 0 Å². The molecule has 10 nitrogen and oxygen atoms in total. The van der Waals surface area contributed by atoms with Gasteiger partial charge in [-0.2, -0.15) is 0 Å². The number of carbonyl (C=O) groups is 3. The summed E-state index contributed by atoms with van der Waals surface area (Å²) in [6.07, 6.45) is 1.32. The second-order valence-electron chi connectivity index (χ2n) is 7.54. The van der Waals surface area contributed by atoms with Gasteiger partial charge in [0.25, 0.3) is 17.5 Å². The van der Waals surface area contributed by atoms with Crippen molar-refractivity contribution in [3.05, 3.63) is 98.0 Å². The number of nitrogens with one attached hydrogen (secondary N) is 1. The van der Waals surface area contributed by atoms with Crippen molar-refractivity contribution in [2.45, 2.75) is 6.61 Å². The van der Waals surface area contributed by atoms with E-state index in [1.165, 1.54) is 25.3 Å². The second kappa shape index (κ2) is 10.4. The van der Waals surface area contributed by atoms with Crippen LogP contribution in [0.25, 0.3) is 6.08 Å². The first-order chi connectivity index (χ1) is 17.3. The Kier molecular flexibility index (Phi) is 7.11. The fourth-order valence-electron chi connectivity index (χ4n) is 3.47. The first-order valence-electron chi connectivity index (χ1n) is 10.5. The van der Waals surface area contributed by atoms with E-state index in [4.69, 9.17) is 9.47 Å². The predicted octanol–water partition coefficient (Wildman–Crippen LogP) is 4.61. The minimum Gasteiger partial charge on any atom is -0.493 e. The van der Waals surface area contributed by atoms with Crippen LogP contribution in [0, 0.1) is 10.1 Å². The standard InChI is InChI=1S/C25H18BrN3O7/c1-35-21-13-16(12-20(26)22(21)36-14-15-5-3-2-4-6-15)11-19-23(30)27-25(32)28(24(19)31)17-7-9-18(10-8-17)29(33)34/h2-13H,14H2,1H3,(H,27,30,32)/b19-11+. The Morgan fingerprint density at radius 2 is 1.75 bits per heavy atom. The van der Waals surface area contributed by atoms with Crippen molar-refractivity contribution in [3.8, 4) is 11.5 Å². The lowest BCUT2D eigenvalue weighted by atomic mass is 10.1. The van der Waals surface area contributed by atoms with E-state index in [0.717, 1.165) is 22.6 Å². The van der Waals surface area contributed by atoms with E-state index in [0.29, 0.717) is 28.1 Å². The summed E-state index contributed by atoms with van der Waals surface area (Å²) >= 11 is 3.44. The lowest BCUT2D eigenvalue weighted by Crippen LogP contribution is -2.54. The summed E-state index contributed by atoms with van der Waals surface area (Å²) in [7, 11) is 1.46. The molecule has 0 aromatic heterocycles.